The van der Waals surface area contributed by atoms with Crippen LogP contribution in [-0.2, 0) is 77.2 Å². The van der Waals surface area contributed by atoms with Crippen molar-refractivity contribution in [3.63, 3.8) is 0 Å². The van der Waals surface area contributed by atoms with Crippen molar-refractivity contribution in [3.05, 3.63) is 192 Å². The SMILES string of the molecule is CCc1cc(C)cc(CC)c1-c1c(OC(=O)C(C)(C)C)n2n(c1=O)CCOCC2.COc1ccccc1C(=O)NS(=O)(=O)c1ccc(C(=O)NC2CC2)cc1.COc1ncc(F)c2nc(S(=O)(=O)Nc3c(F)cccc3F)nn12.Cc1c(C(=O)c2c[nH]n(C)c2=O)ccc(S(C)(=O)=O)c1C1=NOCC1. The van der Waals surface area contributed by atoms with Crippen LogP contribution in [0.15, 0.2) is 133 Å². The Labute approximate surface area is 595 Å². The molecule has 0 spiro atoms. The summed E-state index contributed by atoms with van der Waals surface area (Å²) in [6, 6.07) is 21.6. The van der Waals surface area contributed by atoms with Gasteiger partial charge in [0.1, 0.15) is 40.8 Å². The number of esters is 1. The van der Waals surface area contributed by atoms with E-state index in [4.69, 9.17) is 23.8 Å². The van der Waals surface area contributed by atoms with Gasteiger partial charge in [-0.15, -0.1) is 5.10 Å². The van der Waals surface area contributed by atoms with E-state index in [0.717, 1.165) is 73.0 Å². The summed E-state index contributed by atoms with van der Waals surface area (Å²) in [7, 11) is -8.07. The number of nitrogens with one attached hydrogen (secondary N) is 4. The van der Waals surface area contributed by atoms with Crippen molar-refractivity contribution in [2.75, 3.05) is 45.0 Å². The maximum absolute atomic E-state index is 13.7. The first-order chi connectivity index (χ1) is 49.1. The van der Waals surface area contributed by atoms with Crippen LogP contribution in [0.4, 0.5) is 18.9 Å². The number of benzene rings is 5. The fourth-order valence-electron chi connectivity index (χ4n) is 10.8. The molecular weight excluding hydrogens is 1420 g/mol. The molecule has 4 N–H and O–H groups in total. The number of amides is 2. The van der Waals surface area contributed by atoms with Gasteiger partial charge in [0, 0.05) is 48.7 Å². The topological polar surface area (TPSA) is 373 Å². The quantitative estimate of drug-likeness (QED) is 0.0475. The molecule has 1 aliphatic carbocycles. The Kier molecular flexibility index (Phi) is 23.7. The molecule has 1 fully saturated rings. The summed E-state index contributed by atoms with van der Waals surface area (Å²) < 4.78 is 145. The van der Waals surface area contributed by atoms with Crippen LogP contribution < -0.4 is 40.1 Å². The molecule has 35 heteroatoms. The number of halogens is 3. The van der Waals surface area contributed by atoms with Gasteiger partial charge in [0.05, 0.1) is 73.2 Å². The van der Waals surface area contributed by atoms with E-state index in [9.17, 15) is 67.2 Å². The largest absolute Gasteiger partial charge is 0.496 e. The van der Waals surface area contributed by atoms with Crippen molar-refractivity contribution in [1.82, 2.24) is 48.8 Å². The van der Waals surface area contributed by atoms with E-state index in [1.165, 1.54) is 80.2 Å². The third-order valence-corrected chi connectivity index (χ3v) is 19.9. The zero-order valence-electron chi connectivity index (χ0n) is 58.3. The minimum absolute atomic E-state index is 0.00623. The smallest absolute Gasteiger partial charge is 0.319 e. The molecule has 0 saturated heterocycles. The van der Waals surface area contributed by atoms with E-state index in [1.807, 2.05) is 25.5 Å². The predicted molar refractivity (Wildman–Crippen MR) is 373 cm³/mol. The number of hydrogen-bond donors (Lipinski definition) is 4. The fraction of sp³-hybridized carbons (Fsp3) is 0.333. The molecule has 2 amide bonds. The number of para-hydroxylation sites is 2. The van der Waals surface area contributed by atoms with Crippen molar-refractivity contribution in [3.8, 4) is 28.8 Å². The molecule has 552 valence electrons. The Morgan fingerprint density at radius 1 is 0.731 bits per heavy atom. The molecule has 104 heavy (non-hydrogen) atoms. The molecule has 0 bridgehead atoms. The first-order valence-corrected chi connectivity index (χ1v) is 37.1. The van der Waals surface area contributed by atoms with E-state index >= 15 is 0 Å². The lowest BCUT2D eigenvalue weighted by atomic mass is 9.91. The highest BCUT2D eigenvalue weighted by Crippen LogP contribution is 2.37. The molecule has 9 aromatic rings. The molecular formula is C69H75F3N12O17S3. The minimum Gasteiger partial charge on any atom is -0.496 e. The number of carbonyl (C=O) groups excluding carboxylic acids is 4. The number of aryl methyl sites for hydroxylation is 4. The number of oxime groups is 1. The Balaban J connectivity index is 0.000000161. The van der Waals surface area contributed by atoms with Gasteiger partial charge < -0.3 is 34.2 Å². The van der Waals surface area contributed by atoms with Crippen molar-refractivity contribution < 1.29 is 81.4 Å². The van der Waals surface area contributed by atoms with Gasteiger partial charge >= 0.3 is 12.0 Å². The average molecular weight is 1500 g/mol. The minimum atomic E-state index is -4.58. The summed E-state index contributed by atoms with van der Waals surface area (Å²) >= 11 is 0. The molecule has 1 saturated carbocycles. The van der Waals surface area contributed by atoms with Crippen LogP contribution in [0.25, 0.3) is 16.8 Å². The molecule has 0 radical (unpaired) electrons. The van der Waals surface area contributed by atoms with E-state index < -0.39 is 86.5 Å². The number of ether oxygens (including phenoxy) is 4. The number of carbonyl (C=O) groups is 4. The van der Waals surface area contributed by atoms with Crippen LogP contribution in [0, 0.1) is 36.7 Å². The summed E-state index contributed by atoms with van der Waals surface area (Å²) in [5, 5.41) is 12.0. The van der Waals surface area contributed by atoms with Crippen LogP contribution in [0.5, 0.6) is 17.6 Å². The molecule has 29 nitrogen and oxygen atoms in total. The van der Waals surface area contributed by atoms with Crippen LogP contribution >= 0.6 is 0 Å². The highest BCUT2D eigenvalue weighted by molar-refractivity contribution is 7.92. The number of nitrogens with zero attached hydrogens (tertiary/aromatic N) is 8. The van der Waals surface area contributed by atoms with Gasteiger partial charge in [-0.3, -0.25) is 38.2 Å². The Hall–Kier alpha value is -10.8. The van der Waals surface area contributed by atoms with Crippen molar-refractivity contribution >= 4 is 70.5 Å². The van der Waals surface area contributed by atoms with Gasteiger partial charge in [0.15, 0.2) is 27.1 Å². The second-order valence-corrected chi connectivity index (χ2v) is 30.1. The highest BCUT2D eigenvalue weighted by atomic mass is 32.2. The third kappa shape index (κ3) is 17.3. The molecule has 6 heterocycles. The molecule has 2 aliphatic heterocycles. The van der Waals surface area contributed by atoms with Crippen LogP contribution in [0.1, 0.15) is 118 Å². The van der Waals surface area contributed by atoms with Crippen molar-refractivity contribution in [1.29, 1.82) is 0 Å². The lowest BCUT2D eigenvalue weighted by molar-refractivity contribution is -0.143. The fourth-order valence-corrected chi connectivity index (χ4v) is 13.7. The number of ketones is 1. The summed E-state index contributed by atoms with van der Waals surface area (Å²) in [5.41, 5.74) is 4.21. The predicted octanol–water partition coefficient (Wildman–Crippen LogP) is 7.57. The van der Waals surface area contributed by atoms with Crippen LogP contribution in [0.2, 0.25) is 0 Å². The Bertz CT molecular complexity index is 5290. The van der Waals surface area contributed by atoms with Gasteiger partial charge in [-0.25, -0.2) is 49.1 Å². The second kappa shape index (κ2) is 31.9. The van der Waals surface area contributed by atoms with E-state index in [0.29, 0.717) is 77.7 Å². The van der Waals surface area contributed by atoms with Gasteiger partial charge in [0.2, 0.25) is 5.88 Å². The maximum Gasteiger partial charge on any atom is 0.319 e. The van der Waals surface area contributed by atoms with Crippen molar-refractivity contribution in [2.24, 2.45) is 17.6 Å². The van der Waals surface area contributed by atoms with Gasteiger partial charge in [0.25, 0.3) is 48.1 Å². The first kappa shape index (κ1) is 77.4. The average Bonchev–Trinajstić information content (AvgIpc) is 1.55. The lowest BCUT2D eigenvalue weighted by Crippen LogP contribution is -2.31. The molecule has 0 atom stereocenters. The summed E-state index contributed by atoms with van der Waals surface area (Å²) in [5.74, 6) is -4.47. The zero-order valence-corrected chi connectivity index (χ0v) is 60.8. The number of aromatic nitrogens is 8. The number of hydrogen-bond acceptors (Lipinski definition) is 21. The lowest BCUT2D eigenvalue weighted by Gasteiger charge is -2.19. The van der Waals surface area contributed by atoms with E-state index in [1.54, 1.807) is 39.2 Å². The molecule has 0 unspecified atom stereocenters. The molecule has 5 aromatic carbocycles. The molecule has 4 aromatic heterocycles. The number of fused-ring (bicyclic) bond motifs is 2. The third-order valence-electron chi connectivity index (χ3n) is 16.3. The normalized spacial score (nSPS) is 13.6. The zero-order chi connectivity index (χ0) is 75.9. The number of sulfone groups is 1. The van der Waals surface area contributed by atoms with Gasteiger partial charge in [-0.2, -0.15) is 17.9 Å². The Morgan fingerprint density at radius 2 is 1.38 bits per heavy atom. The van der Waals surface area contributed by atoms with Crippen LogP contribution in [0.3, 0.4) is 0 Å². The number of rotatable bonds is 18. The summed E-state index contributed by atoms with van der Waals surface area (Å²) in [6.07, 6.45) is 7.18. The van der Waals surface area contributed by atoms with Crippen LogP contribution in [-0.4, -0.2) is 140 Å². The summed E-state index contributed by atoms with van der Waals surface area (Å²) in [4.78, 5) is 87.4. The van der Waals surface area contributed by atoms with E-state index in [-0.39, 0.29) is 61.7 Å². The van der Waals surface area contributed by atoms with Gasteiger partial charge in [-0.1, -0.05) is 54.9 Å². The molecule has 12 rings (SSSR count). The standard InChI is InChI=1S/C23H32N2O4.C18H18N2O5S.C16H17N3O5S.C12H8F3N5O3S/c1-7-16-13-15(3)14-17(8-2)18(16)19-20(26)24-9-11-28-12-10-25(24)21(19)29-22(27)23(4,5)6;1-25-16-5-3-2-4-15(16)18(22)20-26(23,24)14-10-6-12(7-11-14)17(21)19-13-8-9-13;1-9-10(15(20)11-8-17-19(2)16(11)21)4-5-13(25(3,22)23)14(9)12-6-7-24-18-12;1-23-12-16-5-8(15)10-17-11(18-20(10)12)24(21,22)19-9-6(13)3-2-4-7(9)14/h13-14H,7-12H2,1-6H3;2-7,10-11,13H,8-9H2,1H3,(H,19,21)(H,20,22);4-5,8,17H,6-7H2,1-3H3;2-5,19H,1H3. The second-order valence-electron chi connectivity index (χ2n) is 24.9. The number of methoxy groups -OCH3 is 2. The number of anilines is 1. The highest BCUT2D eigenvalue weighted by Gasteiger charge is 2.34. The van der Waals surface area contributed by atoms with Gasteiger partial charge in [-0.05, 0) is 143 Å². The number of sulfonamides is 2. The van der Waals surface area contributed by atoms with Crippen molar-refractivity contribution in [2.45, 2.75) is 115 Å². The molecule has 3 aliphatic rings. The number of H-pyrrole nitrogens is 1. The maximum atomic E-state index is 13.7. The monoisotopic (exact) mass is 1500 g/mol. The van der Waals surface area contributed by atoms with E-state index in [2.05, 4.69) is 63.5 Å². The Morgan fingerprint density at radius 3 is 1.94 bits per heavy atom. The summed E-state index contributed by atoms with van der Waals surface area (Å²) in [6.45, 7) is 15.5. The first-order valence-electron chi connectivity index (χ1n) is 32.3. The number of aromatic amines is 1.